The number of thioether (sulfide) groups is 1. The summed E-state index contributed by atoms with van der Waals surface area (Å²) < 4.78 is 42.2. The van der Waals surface area contributed by atoms with Crippen LogP contribution in [0.1, 0.15) is 11.1 Å². The Morgan fingerprint density at radius 3 is 2.63 bits per heavy atom. The van der Waals surface area contributed by atoms with Crippen LogP contribution in [0.2, 0.25) is 0 Å². The van der Waals surface area contributed by atoms with Gasteiger partial charge in [-0.3, -0.25) is 4.79 Å². The maximum Gasteiger partial charge on any atom is 0.446 e. The molecule has 8 heteroatoms. The van der Waals surface area contributed by atoms with E-state index in [9.17, 15) is 18.0 Å². The predicted molar refractivity (Wildman–Crippen MR) is 71.5 cm³/mol. The fourth-order valence-corrected chi connectivity index (χ4v) is 2.95. The fourth-order valence-electron chi connectivity index (χ4n) is 1.34. The maximum absolute atomic E-state index is 12.4. The number of alkyl halides is 3. The van der Waals surface area contributed by atoms with E-state index in [0.29, 0.717) is 3.57 Å². The number of methoxy groups -OCH3 is 1. The summed E-state index contributed by atoms with van der Waals surface area (Å²) in [5.41, 5.74) is -4.40. The number of benzene rings is 1. The van der Waals surface area contributed by atoms with Crippen molar-refractivity contribution in [2.24, 2.45) is 0 Å². The summed E-state index contributed by atoms with van der Waals surface area (Å²) in [5.74, 6) is -0.610. The first kappa shape index (κ1) is 16.1. The highest BCUT2D eigenvalue weighted by atomic mass is 127. The lowest BCUT2D eigenvalue weighted by molar-refractivity contribution is -0.139. The number of ether oxygens (including phenoxy) is 1. The van der Waals surface area contributed by atoms with Gasteiger partial charge in [0.15, 0.2) is 0 Å². The standard InChI is InChI=1S/C11H7F3INO2S/c1-18-10(17)3-6-2-7(15)4-9(8(6)5-16)19-11(12,13)14/h2,4H,3H2,1H3. The lowest BCUT2D eigenvalue weighted by atomic mass is 10.1. The third-order valence-electron chi connectivity index (χ3n) is 2.05. The molecule has 0 spiro atoms. The minimum Gasteiger partial charge on any atom is -0.469 e. The highest BCUT2D eigenvalue weighted by molar-refractivity contribution is 14.1. The molecular weight excluding hydrogens is 394 g/mol. The lowest BCUT2D eigenvalue weighted by Crippen LogP contribution is -2.08. The van der Waals surface area contributed by atoms with Crippen LogP contribution in [-0.4, -0.2) is 18.6 Å². The summed E-state index contributed by atoms with van der Waals surface area (Å²) in [6, 6.07) is 4.47. The molecule has 0 atom stereocenters. The number of nitriles is 1. The molecule has 0 bridgehead atoms. The molecule has 1 aromatic rings. The lowest BCUT2D eigenvalue weighted by Gasteiger charge is -2.11. The zero-order chi connectivity index (χ0) is 14.6. The molecule has 0 aliphatic carbocycles. The first-order chi connectivity index (χ1) is 8.76. The normalized spacial score (nSPS) is 10.9. The van der Waals surface area contributed by atoms with Crippen LogP contribution in [-0.2, 0) is 16.0 Å². The highest BCUT2D eigenvalue weighted by Gasteiger charge is 2.31. The minimum absolute atomic E-state index is 0.145. The van der Waals surface area contributed by atoms with Crippen LogP contribution in [0.5, 0.6) is 0 Å². The first-order valence-electron chi connectivity index (χ1n) is 4.82. The van der Waals surface area contributed by atoms with Crippen molar-refractivity contribution >= 4 is 40.3 Å². The molecule has 3 nitrogen and oxygen atoms in total. The quantitative estimate of drug-likeness (QED) is 0.442. The number of hydrogen-bond donors (Lipinski definition) is 0. The summed E-state index contributed by atoms with van der Waals surface area (Å²) in [6.45, 7) is 0. The minimum atomic E-state index is -4.49. The summed E-state index contributed by atoms with van der Waals surface area (Å²) in [5, 5.41) is 8.99. The molecule has 1 aromatic carbocycles. The molecule has 0 fully saturated rings. The van der Waals surface area contributed by atoms with Crippen LogP contribution < -0.4 is 0 Å². The van der Waals surface area contributed by atoms with Crippen LogP contribution in [0.25, 0.3) is 0 Å². The van der Waals surface area contributed by atoms with Gasteiger partial charge in [-0.1, -0.05) is 0 Å². The van der Waals surface area contributed by atoms with Crippen molar-refractivity contribution in [2.75, 3.05) is 7.11 Å². The largest absolute Gasteiger partial charge is 0.469 e. The van der Waals surface area contributed by atoms with Gasteiger partial charge < -0.3 is 4.74 Å². The Hall–Kier alpha value is -0.950. The number of halogens is 4. The third kappa shape index (κ3) is 4.91. The molecule has 102 valence electrons. The second-order valence-corrected chi connectivity index (χ2v) is 5.70. The van der Waals surface area contributed by atoms with Gasteiger partial charge >= 0.3 is 11.5 Å². The molecule has 0 heterocycles. The predicted octanol–water partition coefficient (Wildman–Crippen LogP) is 3.49. The maximum atomic E-state index is 12.4. The zero-order valence-corrected chi connectivity index (χ0v) is 12.5. The number of nitrogens with zero attached hydrogens (tertiary/aromatic N) is 1. The molecule has 0 saturated carbocycles. The van der Waals surface area contributed by atoms with Gasteiger partial charge in [-0.2, -0.15) is 18.4 Å². The summed E-state index contributed by atoms with van der Waals surface area (Å²) in [6.07, 6.45) is -0.234. The molecule has 0 aromatic heterocycles. The average Bonchev–Trinajstić information content (AvgIpc) is 2.26. The SMILES string of the molecule is COC(=O)Cc1cc(I)cc(SC(F)(F)F)c1C#N. The van der Waals surface area contributed by atoms with E-state index in [1.807, 2.05) is 22.6 Å². The second-order valence-electron chi connectivity index (χ2n) is 3.35. The molecule has 0 aliphatic heterocycles. The van der Waals surface area contributed by atoms with Crippen molar-refractivity contribution in [3.8, 4) is 6.07 Å². The Bertz CT molecular complexity index is 540. The van der Waals surface area contributed by atoms with E-state index in [-0.39, 0.29) is 34.2 Å². The highest BCUT2D eigenvalue weighted by Crippen LogP contribution is 2.40. The van der Waals surface area contributed by atoms with Crippen molar-refractivity contribution in [2.45, 2.75) is 16.8 Å². The van der Waals surface area contributed by atoms with Crippen LogP contribution in [0.4, 0.5) is 13.2 Å². The molecule has 0 saturated heterocycles. The molecule has 0 unspecified atom stereocenters. The molecule has 0 amide bonds. The van der Waals surface area contributed by atoms with E-state index in [0.717, 1.165) is 0 Å². The van der Waals surface area contributed by atoms with Gasteiger partial charge in [-0.25, -0.2) is 0 Å². The van der Waals surface area contributed by atoms with Gasteiger partial charge in [0.2, 0.25) is 0 Å². The van der Waals surface area contributed by atoms with E-state index < -0.39 is 11.5 Å². The Balaban J connectivity index is 3.25. The van der Waals surface area contributed by atoms with Gasteiger partial charge in [0.25, 0.3) is 0 Å². The monoisotopic (exact) mass is 401 g/mol. The van der Waals surface area contributed by atoms with Gasteiger partial charge in [-0.05, 0) is 52.0 Å². The molecule has 0 aliphatic rings. The summed E-state index contributed by atoms with van der Waals surface area (Å²) >= 11 is 1.47. The van der Waals surface area contributed by atoms with E-state index >= 15 is 0 Å². The van der Waals surface area contributed by atoms with Crippen LogP contribution in [0.3, 0.4) is 0 Å². The number of hydrogen-bond acceptors (Lipinski definition) is 4. The van der Waals surface area contributed by atoms with E-state index in [2.05, 4.69) is 4.74 Å². The van der Waals surface area contributed by atoms with Crippen molar-refractivity contribution in [1.29, 1.82) is 5.26 Å². The first-order valence-corrected chi connectivity index (χ1v) is 6.71. The summed E-state index contributed by atoms with van der Waals surface area (Å²) in [7, 11) is 1.17. The van der Waals surface area contributed by atoms with E-state index in [1.54, 1.807) is 6.07 Å². The van der Waals surface area contributed by atoms with E-state index in [4.69, 9.17) is 5.26 Å². The summed E-state index contributed by atoms with van der Waals surface area (Å²) in [4.78, 5) is 11.0. The van der Waals surface area contributed by atoms with Gasteiger partial charge in [0.05, 0.1) is 19.1 Å². The molecule has 19 heavy (non-hydrogen) atoms. The Morgan fingerprint density at radius 2 is 2.16 bits per heavy atom. The molecule has 0 N–H and O–H groups in total. The zero-order valence-electron chi connectivity index (χ0n) is 9.55. The number of carbonyl (C=O) groups is 1. The Kier molecular flexibility index (Phi) is 5.49. The van der Waals surface area contributed by atoms with Crippen molar-refractivity contribution < 1.29 is 22.7 Å². The second kappa shape index (κ2) is 6.47. The molecule has 0 radical (unpaired) electrons. The smallest absolute Gasteiger partial charge is 0.446 e. The van der Waals surface area contributed by atoms with Crippen LogP contribution in [0.15, 0.2) is 17.0 Å². The van der Waals surface area contributed by atoms with E-state index in [1.165, 1.54) is 19.2 Å². The van der Waals surface area contributed by atoms with Crippen molar-refractivity contribution in [3.05, 3.63) is 26.8 Å². The van der Waals surface area contributed by atoms with Crippen LogP contribution >= 0.6 is 34.4 Å². The topological polar surface area (TPSA) is 50.1 Å². The number of rotatable bonds is 3. The Labute approximate surface area is 125 Å². The van der Waals surface area contributed by atoms with Gasteiger partial charge in [-0.15, -0.1) is 0 Å². The van der Waals surface area contributed by atoms with Crippen LogP contribution in [0, 0.1) is 14.9 Å². The van der Waals surface area contributed by atoms with Crippen molar-refractivity contribution in [1.82, 2.24) is 0 Å². The van der Waals surface area contributed by atoms with Crippen molar-refractivity contribution in [3.63, 3.8) is 0 Å². The fraction of sp³-hybridized carbons (Fsp3) is 0.273. The van der Waals surface area contributed by atoms with Gasteiger partial charge in [0, 0.05) is 8.47 Å². The van der Waals surface area contributed by atoms with Gasteiger partial charge in [0.1, 0.15) is 6.07 Å². The molecular formula is C11H7F3INO2S. The number of esters is 1. The average molecular weight is 401 g/mol. The molecule has 1 rings (SSSR count). The third-order valence-corrected chi connectivity index (χ3v) is 3.44. The Morgan fingerprint density at radius 1 is 1.53 bits per heavy atom. The number of carbonyl (C=O) groups excluding carboxylic acids is 1.